The molecule has 0 aliphatic carbocycles. The van der Waals surface area contributed by atoms with Gasteiger partial charge in [0.25, 0.3) is 0 Å². The molecule has 20 heavy (non-hydrogen) atoms. The van der Waals surface area contributed by atoms with Crippen LogP contribution in [0.3, 0.4) is 0 Å². The zero-order chi connectivity index (χ0) is 14.1. The van der Waals surface area contributed by atoms with Crippen molar-refractivity contribution in [1.82, 2.24) is 10.3 Å². The minimum Gasteiger partial charge on any atom is -0.311 e. The smallest absolute Gasteiger partial charge is 0.167 e. The van der Waals surface area contributed by atoms with Gasteiger partial charge in [-0.3, -0.25) is 4.79 Å². The van der Waals surface area contributed by atoms with Crippen molar-refractivity contribution < 1.29 is 4.79 Å². The van der Waals surface area contributed by atoms with Crippen molar-refractivity contribution in [1.29, 1.82) is 5.26 Å². The van der Waals surface area contributed by atoms with Gasteiger partial charge < -0.3 is 5.32 Å². The molecule has 1 aromatic rings. The first-order valence-corrected chi connectivity index (χ1v) is 7.34. The van der Waals surface area contributed by atoms with Crippen molar-refractivity contribution in [3.05, 3.63) is 29.1 Å². The highest BCUT2D eigenvalue weighted by Gasteiger charge is 2.35. The van der Waals surface area contributed by atoms with Gasteiger partial charge in [-0.05, 0) is 44.2 Å². The van der Waals surface area contributed by atoms with E-state index >= 15 is 0 Å². The fourth-order valence-electron chi connectivity index (χ4n) is 3.54. The number of rotatable bonds is 2. The molecule has 104 valence electrons. The molecular weight excluding hydrogens is 250 g/mol. The van der Waals surface area contributed by atoms with Gasteiger partial charge in [0.15, 0.2) is 5.78 Å². The minimum atomic E-state index is 0.112. The van der Waals surface area contributed by atoms with E-state index < -0.39 is 0 Å². The fraction of sp³-hybridized carbons (Fsp3) is 0.562. The number of piperidine rings is 2. The normalized spacial score (nSPS) is 28.7. The highest BCUT2D eigenvalue weighted by molar-refractivity contribution is 5.98. The Bertz CT molecular complexity index is 564. The van der Waals surface area contributed by atoms with Crippen molar-refractivity contribution in [2.24, 2.45) is 5.92 Å². The maximum Gasteiger partial charge on any atom is 0.167 e. The number of fused-ring (bicyclic) bond motifs is 2. The van der Waals surface area contributed by atoms with E-state index in [0.29, 0.717) is 23.3 Å². The van der Waals surface area contributed by atoms with E-state index in [1.54, 1.807) is 6.20 Å². The molecule has 0 spiro atoms. The number of hydrogen-bond donors (Lipinski definition) is 1. The summed E-state index contributed by atoms with van der Waals surface area (Å²) in [4.78, 5) is 16.7. The third-order valence-corrected chi connectivity index (χ3v) is 4.55. The molecule has 2 bridgehead atoms. The third kappa shape index (κ3) is 2.46. The lowest BCUT2D eigenvalue weighted by atomic mass is 9.77. The predicted octanol–water partition coefficient (Wildman–Crippen LogP) is 2.37. The van der Waals surface area contributed by atoms with Gasteiger partial charge in [0.2, 0.25) is 0 Å². The Morgan fingerprint density at radius 2 is 2.10 bits per heavy atom. The van der Waals surface area contributed by atoms with Crippen LogP contribution in [0.5, 0.6) is 0 Å². The quantitative estimate of drug-likeness (QED) is 0.837. The van der Waals surface area contributed by atoms with E-state index in [4.69, 9.17) is 5.26 Å². The molecule has 4 heteroatoms. The van der Waals surface area contributed by atoms with Gasteiger partial charge in [-0.2, -0.15) is 5.26 Å². The lowest BCUT2D eigenvalue weighted by Gasteiger charge is -2.39. The summed E-state index contributed by atoms with van der Waals surface area (Å²) in [5, 5.41) is 12.5. The lowest BCUT2D eigenvalue weighted by Crippen LogP contribution is -2.50. The second-order valence-electron chi connectivity index (χ2n) is 6.03. The molecule has 1 aromatic heterocycles. The molecule has 2 aliphatic rings. The number of ketones is 1. The van der Waals surface area contributed by atoms with Crippen LogP contribution in [0.1, 0.15) is 53.7 Å². The summed E-state index contributed by atoms with van der Waals surface area (Å²) in [6.45, 7) is 1.83. The number of nitrogens with one attached hydrogen (secondary N) is 1. The van der Waals surface area contributed by atoms with Crippen molar-refractivity contribution in [2.75, 3.05) is 0 Å². The third-order valence-electron chi connectivity index (χ3n) is 4.55. The van der Waals surface area contributed by atoms with Crippen LogP contribution in [0, 0.1) is 24.2 Å². The van der Waals surface area contributed by atoms with Crippen LogP contribution in [0.15, 0.2) is 12.3 Å². The Morgan fingerprint density at radius 1 is 1.40 bits per heavy atom. The van der Waals surface area contributed by atoms with E-state index in [9.17, 15) is 4.79 Å². The first-order chi connectivity index (χ1) is 9.67. The summed E-state index contributed by atoms with van der Waals surface area (Å²) in [7, 11) is 0. The van der Waals surface area contributed by atoms with Gasteiger partial charge in [-0.25, -0.2) is 4.98 Å². The summed E-state index contributed by atoms with van der Waals surface area (Å²) in [6, 6.07) is 4.86. The Labute approximate surface area is 119 Å². The maximum atomic E-state index is 12.6. The zero-order valence-electron chi connectivity index (χ0n) is 11.7. The monoisotopic (exact) mass is 269 g/mol. The highest BCUT2D eigenvalue weighted by atomic mass is 16.1. The van der Waals surface area contributed by atoms with Gasteiger partial charge >= 0.3 is 0 Å². The molecular formula is C16H19N3O. The van der Waals surface area contributed by atoms with Crippen LogP contribution in [0.4, 0.5) is 0 Å². The van der Waals surface area contributed by atoms with Crippen LogP contribution >= 0.6 is 0 Å². The number of aromatic nitrogens is 1. The van der Waals surface area contributed by atoms with Crippen LogP contribution in [-0.4, -0.2) is 22.9 Å². The molecule has 1 N–H and O–H groups in total. The van der Waals surface area contributed by atoms with Gasteiger partial charge in [0, 0.05) is 29.8 Å². The molecule has 0 saturated carbocycles. The van der Waals surface area contributed by atoms with E-state index in [2.05, 4.69) is 10.3 Å². The summed E-state index contributed by atoms with van der Waals surface area (Å²) in [6.07, 6.45) is 7.09. The standard InChI is InChI=1S/C16H19N3O/c1-10-5-12(9-18-15(10)8-17)16(20)11-6-13-3-2-4-14(7-11)19-13/h5,9,11,13-14,19H,2-4,6-7H2,1H3. The summed E-state index contributed by atoms with van der Waals surface area (Å²) in [5.41, 5.74) is 1.85. The number of carbonyl (C=O) groups excluding carboxylic acids is 1. The Balaban J connectivity index is 1.79. The van der Waals surface area contributed by atoms with E-state index in [-0.39, 0.29) is 11.7 Å². The van der Waals surface area contributed by atoms with Crippen molar-refractivity contribution in [2.45, 2.75) is 51.1 Å². The highest BCUT2D eigenvalue weighted by Crippen LogP contribution is 2.31. The number of pyridine rings is 1. The van der Waals surface area contributed by atoms with E-state index in [1.165, 1.54) is 19.3 Å². The van der Waals surface area contributed by atoms with Gasteiger partial charge in [-0.15, -0.1) is 0 Å². The molecule has 0 amide bonds. The largest absolute Gasteiger partial charge is 0.311 e. The molecule has 2 fully saturated rings. The SMILES string of the molecule is Cc1cc(C(=O)C2CC3CCCC(C2)N3)cnc1C#N. The van der Waals surface area contributed by atoms with Crippen LogP contribution < -0.4 is 5.32 Å². The molecule has 3 rings (SSSR count). The molecule has 0 radical (unpaired) electrons. The van der Waals surface area contributed by atoms with Crippen LogP contribution in [-0.2, 0) is 0 Å². The van der Waals surface area contributed by atoms with Crippen molar-refractivity contribution in [3.8, 4) is 6.07 Å². The molecule has 4 nitrogen and oxygen atoms in total. The molecule has 2 unspecified atom stereocenters. The average molecular weight is 269 g/mol. The van der Waals surface area contributed by atoms with Gasteiger partial charge in [0.05, 0.1) is 0 Å². The topological polar surface area (TPSA) is 65.8 Å². The first kappa shape index (κ1) is 13.3. The minimum absolute atomic E-state index is 0.112. The Hall–Kier alpha value is -1.73. The lowest BCUT2D eigenvalue weighted by molar-refractivity contribution is 0.0824. The Morgan fingerprint density at radius 3 is 2.70 bits per heavy atom. The molecule has 2 atom stereocenters. The average Bonchev–Trinajstić information content (AvgIpc) is 2.46. The number of nitrogens with zero attached hydrogens (tertiary/aromatic N) is 2. The van der Waals surface area contributed by atoms with Gasteiger partial charge in [-0.1, -0.05) is 6.42 Å². The van der Waals surface area contributed by atoms with E-state index in [0.717, 1.165) is 18.4 Å². The van der Waals surface area contributed by atoms with Crippen molar-refractivity contribution >= 4 is 5.78 Å². The van der Waals surface area contributed by atoms with Crippen molar-refractivity contribution in [3.63, 3.8) is 0 Å². The fourth-order valence-corrected chi connectivity index (χ4v) is 3.54. The zero-order valence-corrected chi connectivity index (χ0v) is 11.7. The maximum absolute atomic E-state index is 12.6. The number of hydrogen-bond acceptors (Lipinski definition) is 4. The molecule has 2 aliphatic heterocycles. The van der Waals surface area contributed by atoms with Crippen LogP contribution in [0.2, 0.25) is 0 Å². The number of Topliss-reactive ketones (excluding diaryl/α,β-unsaturated/α-hetero) is 1. The summed E-state index contributed by atoms with van der Waals surface area (Å²) >= 11 is 0. The Kier molecular flexibility index (Phi) is 3.54. The van der Waals surface area contributed by atoms with Crippen LogP contribution in [0.25, 0.3) is 0 Å². The summed E-state index contributed by atoms with van der Waals surface area (Å²) < 4.78 is 0. The number of aryl methyl sites for hydroxylation is 1. The summed E-state index contributed by atoms with van der Waals surface area (Å²) in [5.74, 6) is 0.309. The van der Waals surface area contributed by atoms with E-state index in [1.807, 2.05) is 19.1 Å². The molecule has 2 saturated heterocycles. The number of carbonyl (C=O) groups is 1. The predicted molar refractivity (Wildman–Crippen MR) is 75.3 cm³/mol. The molecule has 0 aromatic carbocycles. The molecule has 3 heterocycles. The second kappa shape index (κ2) is 5.34. The first-order valence-electron chi connectivity index (χ1n) is 7.34. The van der Waals surface area contributed by atoms with Gasteiger partial charge in [0.1, 0.15) is 11.8 Å². The number of nitriles is 1. The second-order valence-corrected chi connectivity index (χ2v) is 6.03.